The number of hydrogen-bond donors (Lipinski definition) is 2. The maximum atomic E-state index is 12.0. The van der Waals surface area contributed by atoms with E-state index in [4.69, 9.17) is 12.2 Å². The van der Waals surface area contributed by atoms with Gasteiger partial charge in [0.05, 0.1) is 6.54 Å². The lowest BCUT2D eigenvalue weighted by atomic mass is 10.1. The van der Waals surface area contributed by atoms with Gasteiger partial charge in [-0.1, -0.05) is 19.1 Å². The minimum Gasteiger partial charge on any atom is -0.350 e. The van der Waals surface area contributed by atoms with Crippen molar-refractivity contribution in [2.45, 2.75) is 39.7 Å². The number of anilines is 1. The van der Waals surface area contributed by atoms with E-state index in [-0.39, 0.29) is 11.4 Å². The van der Waals surface area contributed by atoms with Crippen LogP contribution in [0.2, 0.25) is 0 Å². The van der Waals surface area contributed by atoms with Gasteiger partial charge in [0.25, 0.3) is 0 Å². The minimum absolute atomic E-state index is 0.0815. The molecule has 0 aromatic heterocycles. The lowest BCUT2D eigenvalue weighted by Gasteiger charge is -2.36. The fourth-order valence-electron chi connectivity index (χ4n) is 2.84. The van der Waals surface area contributed by atoms with Crippen LogP contribution < -0.4 is 10.6 Å². The van der Waals surface area contributed by atoms with Gasteiger partial charge >= 0.3 is 0 Å². The Hall–Kier alpha value is -1.66. The molecule has 25 heavy (non-hydrogen) atoms. The van der Waals surface area contributed by atoms with Crippen molar-refractivity contribution < 1.29 is 4.79 Å². The van der Waals surface area contributed by atoms with Gasteiger partial charge in [0, 0.05) is 37.4 Å². The van der Waals surface area contributed by atoms with E-state index in [1.54, 1.807) is 0 Å². The molecule has 2 rings (SSSR count). The Bertz CT molecular complexity index is 604. The first-order chi connectivity index (χ1) is 11.8. The highest BCUT2D eigenvalue weighted by Gasteiger charge is 2.22. The van der Waals surface area contributed by atoms with Gasteiger partial charge in [0.2, 0.25) is 5.91 Å². The smallest absolute Gasteiger partial charge is 0.234 e. The number of nitrogens with zero attached hydrogens (tertiary/aromatic N) is 2. The van der Waals surface area contributed by atoms with Crippen LogP contribution in [0.3, 0.4) is 0 Å². The average molecular weight is 363 g/mol. The minimum atomic E-state index is -0.183. The summed E-state index contributed by atoms with van der Waals surface area (Å²) in [5, 5.41) is 7.10. The fraction of sp³-hybridized carbons (Fsp3) is 0.579. The molecule has 1 saturated heterocycles. The summed E-state index contributed by atoms with van der Waals surface area (Å²) in [6.07, 6.45) is 1.01. The Balaban J connectivity index is 1.79. The number of amides is 1. The predicted molar refractivity (Wildman–Crippen MR) is 108 cm³/mol. The molecule has 1 aliphatic heterocycles. The number of rotatable bonds is 4. The zero-order valence-corrected chi connectivity index (χ0v) is 16.6. The number of aryl methyl sites for hydroxylation is 1. The highest BCUT2D eigenvalue weighted by atomic mass is 32.1. The van der Waals surface area contributed by atoms with Crippen LogP contribution in [-0.2, 0) is 11.2 Å². The lowest BCUT2D eigenvalue weighted by molar-refractivity contribution is -0.123. The van der Waals surface area contributed by atoms with Crippen LogP contribution in [0.5, 0.6) is 0 Å². The van der Waals surface area contributed by atoms with Crippen LogP contribution in [0.15, 0.2) is 24.3 Å². The molecule has 0 atom stereocenters. The first-order valence-corrected chi connectivity index (χ1v) is 9.36. The number of nitrogens with one attached hydrogen (secondary N) is 2. The SMILES string of the molecule is CCc1cccc(NC(=S)N2CCN(CC(=O)NC(C)(C)C)CC2)c1. The fourth-order valence-corrected chi connectivity index (χ4v) is 3.14. The van der Waals surface area contributed by atoms with Crippen molar-refractivity contribution in [2.24, 2.45) is 0 Å². The molecule has 0 spiro atoms. The summed E-state index contributed by atoms with van der Waals surface area (Å²) in [4.78, 5) is 16.4. The Morgan fingerprint density at radius 1 is 1.20 bits per heavy atom. The average Bonchev–Trinajstić information content (AvgIpc) is 2.53. The summed E-state index contributed by atoms with van der Waals surface area (Å²) in [6.45, 7) is 11.9. The standard InChI is InChI=1S/C19H30N4OS/c1-5-15-7-6-8-16(13-15)20-18(25)23-11-9-22(10-12-23)14-17(24)21-19(2,3)4/h6-8,13H,5,9-12,14H2,1-4H3,(H,20,25)(H,21,24). The van der Waals surface area contributed by atoms with Gasteiger partial charge in [-0.15, -0.1) is 0 Å². The van der Waals surface area contributed by atoms with Gasteiger partial charge in [-0.2, -0.15) is 0 Å². The van der Waals surface area contributed by atoms with E-state index < -0.39 is 0 Å². The Morgan fingerprint density at radius 3 is 2.48 bits per heavy atom. The molecule has 5 nitrogen and oxygen atoms in total. The molecule has 1 amide bonds. The topological polar surface area (TPSA) is 47.6 Å². The van der Waals surface area contributed by atoms with Crippen LogP contribution >= 0.6 is 12.2 Å². The maximum Gasteiger partial charge on any atom is 0.234 e. The summed E-state index contributed by atoms with van der Waals surface area (Å²) in [6, 6.07) is 8.35. The van der Waals surface area contributed by atoms with Crippen LogP contribution in [0.4, 0.5) is 5.69 Å². The molecule has 0 unspecified atom stereocenters. The highest BCUT2D eigenvalue weighted by Crippen LogP contribution is 2.13. The molecule has 6 heteroatoms. The summed E-state index contributed by atoms with van der Waals surface area (Å²) in [5.74, 6) is 0.0815. The van der Waals surface area contributed by atoms with E-state index in [0.29, 0.717) is 6.54 Å². The van der Waals surface area contributed by atoms with E-state index in [0.717, 1.165) is 43.4 Å². The number of benzene rings is 1. The van der Waals surface area contributed by atoms with Crippen molar-refractivity contribution in [1.82, 2.24) is 15.1 Å². The monoisotopic (exact) mass is 362 g/mol. The zero-order chi connectivity index (χ0) is 18.4. The summed E-state index contributed by atoms with van der Waals surface area (Å²) >= 11 is 5.55. The van der Waals surface area contributed by atoms with Crippen molar-refractivity contribution in [1.29, 1.82) is 0 Å². The molecule has 2 N–H and O–H groups in total. The molecule has 0 aliphatic carbocycles. The van der Waals surface area contributed by atoms with E-state index in [1.807, 2.05) is 26.8 Å². The molecule has 138 valence electrons. The predicted octanol–water partition coefficient (Wildman–Crippen LogP) is 2.48. The number of carbonyl (C=O) groups is 1. The number of hydrogen-bond acceptors (Lipinski definition) is 3. The molecular weight excluding hydrogens is 332 g/mol. The second-order valence-electron chi connectivity index (χ2n) is 7.55. The second-order valence-corrected chi connectivity index (χ2v) is 7.93. The van der Waals surface area contributed by atoms with Gasteiger partial charge in [0.1, 0.15) is 0 Å². The van der Waals surface area contributed by atoms with E-state index in [9.17, 15) is 4.79 Å². The first kappa shape index (κ1) is 19.7. The summed E-state index contributed by atoms with van der Waals surface area (Å²) in [7, 11) is 0. The quantitative estimate of drug-likeness (QED) is 0.806. The van der Waals surface area contributed by atoms with Crippen molar-refractivity contribution >= 4 is 28.9 Å². The molecular formula is C19H30N4OS. The number of piperazine rings is 1. The van der Waals surface area contributed by atoms with Crippen molar-refractivity contribution in [3.63, 3.8) is 0 Å². The molecule has 1 fully saturated rings. The normalized spacial score (nSPS) is 15.8. The van der Waals surface area contributed by atoms with Gasteiger partial charge < -0.3 is 15.5 Å². The van der Waals surface area contributed by atoms with E-state index in [2.05, 4.69) is 45.6 Å². The third kappa shape index (κ3) is 6.63. The van der Waals surface area contributed by atoms with Crippen LogP contribution in [0.25, 0.3) is 0 Å². The molecule has 1 aromatic carbocycles. The van der Waals surface area contributed by atoms with Crippen LogP contribution in [-0.4, -0.2) is 59.1 Å². The van der Waals surface area contributed by atoms with Gasteiger partial charge in [-0.3, -0.25) is 9.69 Å². The Kier molecular flexibility index (Phi) is 6.79. The molecule has 0 saturated carbocycles. The Morgan fingerprint density at radius 2 is 1.88 bits per heavy atom. The van der Waals surface area contributed by atoms with E-state index in [1.165, 1.54) is 5.56 Å². The van der Waals surface area contributed by atoms with Gasteiger partial charge in [-0.25, -0.2) is 0 Å². The third-order valence-electron chi connectivity index (χ3n) is 4.13. The first-order valence-electron chi connectivity index (χ1n) is 8.95. The summed E-state index contributed by atoms with van der Waals surface area (Å²) < 4.78 is 0. The maximum absolute atomic E-state index is 12.0. The molecule has 1 aromatic rings. The number of thiocarbonyl (C=S) groups is 1. The molecule has 1 heterocycles. The van der Waals surface area contributed by atoms with Crippen molar-refractivity contribution in [3.8, 4) is 0 Å². The molecule has 1 aliphatic rings. The largest absolute Gasteiger partial charge is 0.350 e. The van der Waals surface area contributed by atoms with E-state index >= 15 is 0 Å². The van der Waals surface area contributed by atoms with Gasteiger partial charge in [-0.05, 0) is 57.1 Å². The summed E-state index contributed by atoms with van der Waals surface area (Å²) in [5.41, 5.74) is 2.15. The second kappa shape index (κ2) is 8.63. The van der Waals surface area contributed by atoms with Gasteiger partial charge in [0.15, 0.2) is 5.11 Å². The zero-order valence-electron chi connectivity index (χ0n) is 15.8. The molecule has 0 radical (unpaired) electrons. The van der Waals surface area contributed by atoms with Crippen LogP contribution in [0.1, 0.15) is 33.3 Å². The Labute approximate surface area is 156 Å². The van der Waals surface area contributed by atoms with Crippen molar-refractivity contribution in [3.05, 3.63) is 29.8 Å². The van der Waals surface area contributed by atoms with Crippen molar-refractivity contribution in [2.75, 3.05) is 38.0 Å². The molecule has 0 bridgehead atoms. The number of carbonyl (C=O) groups excluding carboxylic acids is 1. The lowest BCUT2D eigenvalue weighted by Crippen LogP contribution is -2.53. The third-order valence-corrected chi connectivity index (χ3v) is 4.49. The van der Waals surface area contributed by atoms with Crippen LogP contribution in [0, 0.1) is 0 Å². The highest BCUT2D eigenvalue weighted by molar-refractivity contribution is 7.80.